The van der Waals surface area contributed by atoms with Crippen LogP contribution in [0.25, 0.3) is 0 Å². The molecule has 3 unspecified atom stereocenters. The van der Waals surface area contributed by atoms with Crippen LogP contribution in [0, 0.1) is 0 Å². The number of unbranched alkanes of at least 4 members (excludes halogenated alkanes) is 11. The highest BCUT2D eigenvalue weighted by atomic mass is 31.2. The molecule has 2 aliphatic rings. The van der Waals surface area contributed by atoms with Gasteiger partial charge >= 0.3 is 20.3 Å². The van der Waals surface area contributed by atoms with Crippen molar-refractivity contribution in [2.24, 2.45) is 0 Å². The fourth-order valence-corrected chi connectivity index (χ4v) is 6.02. The summed E-state index contributed by atoms with van der Waals surface area (Å²) in [7, 11) is -1.71. The third kappa shape index (κ3) is 12.4. The molecule has 246 valence electrons. The lowest BCUT2D eigenvalue weighted by Gasteiger charge is -2.24. The zero-order valence-corrected chi connectivity index (χ0v) is 26.4. The van der Waals surface area contributed by atoms with Crippen molar-refractivity contribution >= 4 is 20.4 Å². The fourth-order valence-electron chi connectivity index (χ4n) is 4.97. The number of aliphatic carboxylic acids is 1. The fraction of sp³-hybridized carbons (Fsp3) is 0.645. The van der Waals surface area contributed by atoms with E-state index in [4.69, 9.17) is 29.1 Å². The van der Waals surface area contributed by atoms with Crippen LogP contribution in [0.15, 0.2) is 41.3 Å². The van der Waals surface area contributed by atoms with Crippen LogP contribution < -0.4 is 15.9 Å². The van der Waals surface area contributed by atoms with Crippen molar-refractivity contribution < 1.29 is 37.0 Å². The standard InChI is InChI=1S/C16H16F2N3O5P.C15H30O2/c17-16(18)7-11(25-14(16)21-6-5-13(19)20-15(21)22)9-24-27-23-8-10-3-1-2-4-12(10)26-27;1-2-3-4-5-6-7-8-9-10-11-12-13-14-15(16)17/h1-6,11,14H,7-9H2,(H2,19,20,22);2-14H2,1H3,(H,16,17). The Morgan fingerprint density at radius 3 is 2.34 bits per heavy atom. The van der Waals surface area contributed by atoms with Crippen LogP contribution in [-0.4, -0.2) is 39.3 Å². The summed E-state index contributed by atoms with van der Waals surface area (Å²) in [6, 6.07) is 8.60. The molecule has 0 saturated carbocycles. The number of aromatic nitrogens is 2. The van der Waals surface area contributed by atoms with Gasteiger partial charge in [-0.3, -0.25) is 18.4 Å². The van der Waals surface area contributed by atoms with Gasteiger partial charge in [0.05, 0.1) is 19.3 Å². The summed E-state index contributed by atoms with van der Waals surface area (Å²) in [5.74, 6) is -3.32. The Bertz CT molecular complexity index is 1200. The summed E-state index contributed by atoms with van der Waals surface area (Å²) < 4.78 is 51.3. The van der Waals surface area contributed by atoms with Crippen molar-refractivity contribution in [2.45, 2.75) is 122 Å². The molecule has 3 atom stereocenters. The second-order valence-electron chi connectivity index (χ2n) is 11.1. The predicted molar refractivity (Wildman–Crippen MR) is 164 cm³/mol. The molecule has 4 rings (SSSR count). The largest absolute Gasteiger partial charge is 0.481 e. The number of rotatable bonds is 17. The number of anilines is 1. The van der Waals surface area contributed by atoms with Gasteiger partial charge in [-0.15, -0.1) is 0 Å². The minimum absolute atomic E-state index is 0.0490. The van der Waals surface area contributed by atoms with Gasteiger partial charge in [-0.2, -0.15) is 4.98 Å². The molecule has 0 amide bonds. The number of ether oxygens (including phenoxy) is 1. The number of hydrogen-bond donors (Lipinski definition) is 2. The van der Waals surface area contributed by atoms with Gasteiger partial charge < -0.3 is 20.1 Å². The molecule has 2 aromatic rings. The molecule has 0 bridgehead atoms. The Morgan fingerprint density at radius 2 is 1.70 bits per heavy atom. The monoisotopic (exact) mass is 641 g/mol. The number of carboxylic acid groups (broad SMARTS) is 1. The predicted octanol–water partition coefficient (Wildman–Crippen LogP) is 7.76. The van der Waals surface area contributed by atoms with Gasteiger partial charge in [0.1, 0.15) is 11.6 Å². The van der Waals surface area contributed by atoms with Crippen molar-refractivity contribution in [1.82, 2.24) is 9.55 Å². The lowest BCUT2D eigenvalue weighted by Crippen LogP contribution is -2.35. The van der Waals surface area contributed by atoms with Gasteiger partial charge in [-0.25, -0.2) is 13.6 Å². The molecule has 0 aliphatic carbocycles. The first kappa shape index (κ1) is 35.8. The van der Waals surface area contributed by atoms with E-state index in [9.17, 15) is 18.4 Å². The van der Waals surface area contributed by atoms with Gasteiger partial charge in [0.2, 0.25) is 6.23 Å². The topological polar surface area (TPSA) is 135 Å². The highest BCUT2D eigenvalue weighted by Gasteiger charge is 2.52. The summed E-state index contributed by atoms with van der Waals surface area (Å²) >= 11 is 0. The summed E-state index contributed by atoms with van der Waals surface area (Å²) in [4.78, 5) is 25.6. The Labute approximate surface area is 259 Å². The molecule has 0 radical (unpaired) electrons. The third-order valence-corrected chi connectivity index (χ3v) is 8.41. The molecule has 0 spiro atoms. The minimum Gasteiger partial charge on any atom is -0.481 e. The summed E-state index contributed by atoms with van der Waals surface area (Å²) in [6.45, 7) is 2.42. The van der Waals surface area contributed by atoms with Crippen molar-refractivity contribution in [3.63, 3.8) is 0 Å². The van der Waals surface area contributed by atoms with Gasteiger partial charge in [0.15, 0.2) is 0 Å². The highest BCUT2D eigenvalue weighted by molar-refractivity contribution is 7.42. The Hall–Kier alpha value is -2.66. The van der Waals surface area contributed by atoms with E-state index in [-0.39, 0.29) is 12.4 Å². The van der Waals surface area contributed by atoms with Gasteiger partial charge in [0.25, 0.3) is 5.92 Å². The molecule has 1 aromatic carbocycles. The molecule has 44 heavy (non-hydrogen) atoms. The van der Waals surface area contributed by atoms with Crippen LogP contribution >= 0.6 is 8.60 Å². The first-order valence-electron chi connectivity index (χ1n) is 15.6. The number of nitrogen functional groups attached to an aromatic ring is 1. The van der Waals surface area contributed by atoms with E-state index in [0.29, 0.717) is 18.8 Å². The number of benzene rings is 1. The molecular formula is C31H46F2N3O7P. The van der Waals surface area contributed by atoms with Crippen molar-refractivity contribution in [3.05, 3.63) is 52.6 Å². The molecule has 3 N–H and O–H groups in total. The average molecular weight is 642 g/mol. The maximum absolute atomic E-state index is 14.3. The van der Waals surface area contributed by atoms with E-state index in [1.54, 1.807) is 6.07 Å². The second kappa shape index (κ2) is 19.0. The van der Waals surface area contributed by atoms with Crippen LogP contribution in [0.2, 0.25) is 0 Å². The SMILES string of the molecule is CCCCCCCCCCCCCCC(=O)O.Nc1ccn(C2OC(COP3OCc4ccccc4O3)CC2(F)F)c(=O)n1. The number of carboxylic acids is 1. The van der Waals surface area contributed by atoms with Crippen molar-refractivity contribution in [1.29, 1.82) is 0 Å². The molecule has 2 aliphatic heterocycles. The first-order valence-corrected chi connectivity index (χ1v) is 16.7. The van der Waals surface area contributed by atoms with Gasteiger partial charge in [-0.05, 0) is 18.6 Å². The maximum atomic E-state index is 14.3. The molecule has 10 nitrogen and oxygen atoms in total. The Balaban J connectivity index is 0.000000271. The number of nitrogens with zero attached hydrogens (tertiary/aromatic N) is 2. The first-order chi connectivity index (χ1) is 21.2. The number of halogens is 2. The quantitative estimate of drug-likeness (QED) is 0.131. The highest BCUT2D eigenvalue weighted by Crippen LogP contribution is 2.48. The zero-order valence-electron chi connectivity index (χ0n) is 25.5. The van der Waals surface area contributed by atoms with E-state index in [1.807, 2.05) is 18.2 Å². The number of hydrogen-bond acceptors (Lipinski definition) is 8. The van der Waals surface area contributed by atoms with Crippen LogP contribution in [0.3, 0.4) is 0 Å². The summed E-state index contributed by atoms with van der Waals surface area (Å²) in [5, 5.41) is 8.47. The van der Waals surface area contributed by atoms with E-state index < -0.39 is 44.9 Å². The third-order valence-electron chi connectivity index (χ3n) is 7.37. The molecule has 3 heterocycles. The molecular weight excluding hydrogens is 595 g/mol. The van der Waals surface area contributed by atoms with Crippen LogP contribution in [-0.2, 0) is 25.2 Å². The van der Waals surface area contributed by atoms with Gasteiger partial charge in [0, 0.05) is 24.6 Å². The van der Waals surface area contributed by atoms with Crippen molar-refractivity contribution in [2.75, 3.05) is 12.3 Å². The molecule has 1 saturated heterocycles. The lowest BCUT2D eigenvalue weighted by atomic mass is 10.0. The van der Waals surface area contributed by atoms with Crippen LogP contribution in [0.1, 0.15) is 109 Å². The maximum Gasteiger partial charge on any atom is 0.397 e. The number of carbonyl (C=O) groups is 1. The second-order valence-corrected chi connectivity index (χ2v) is 12.3. The Morgan fingerprint density at radius 1 is 1.07 bits per heavy atom. The van der Waals surface area contributed by atoms with E-state index in [2.05, 4.69) is 11.9 Å². The zero-order chi connectivity index (χ0) is 31.8. The van der Waals surface area contributed by atoms with Crippen LogP contribution in [0.4, 0.5) is 14.6 Å². The average Bonchev–Trinajstić information content (AvgIpc) is 3.30. The van der Waals surface area contributed by atoms with Crippen molar-refractivity contribution in [3.8, 4) is 5.75 Å². The number of fused-ring (bicyclic) bond motifs is 1. The summed E-state index contributed by atoms with van der Waals surface area (Å²) in [6.07, 6.45) is 13.6. The van der Waals surface area contributed by atoms with Gasteiger partial charge in [-0.1, -0.05) is 95.8 Å². The Kier molecular flexibility index (Phi) is 15.5. The normalized spacial score (nSPS) is 20.3. The van der Waals surface area contributed by atoms with E-state index >= 15 is 0 Å². The van der Waals surface area contributed by atoms with E-state index in [0.717, 1.165) is 29.2 Å². The van der Waals surface area contributed by atoms with Crippen LogP contribution in [0.5, 0.6) is 5.75 Å². The smallest absolute Gasteiger partial charge is 0.397 e. The molecule has 1 aromatic heterocycles. The number of nitrogens with two attached hydrogens (primary N) is 1. The number of alkyl halides is 2. The minimum atomic E-state index is -3.26. The van der Waals surface area contributed by atoms with E-state index in [1.165, 1.54) is 70.3 Å². The lowest BCUT2D eigenvalue weighted by molar-refractivity contribution is -0.137. The molecule has 13 heteroatoms. The molecule has 1 fully saturated rings. The number of para-hydroxylation sites is 1. The summed E-state index contributed by atoms with van der Waals surface area (Å²) in [5.41, 5.74) is 5.37.